The van der Waals surface area contributed by atoms with E-state index < -0.39 is 0 Å². The minimum absolute atomic E-state index is 0.256. The SMILES string of the molecule is Cc1nn(-c2ccc(F)cc2)cc1-c1ccnc(N2CC(C)CC(C)C2)n1. The van der Waals surface area contributed by atoms with Crippen LogP contribution in [0, 0.1) is 24.6 Å². The Bertz CT molecular complexity index is 924. The standard InChI is InChI=1S/C21H24FN5/c1-14-10-15(2)12-26(11-14)21-23-9-8-20(24-21)19-13-27(25-16(19)3)18-6-4-17(22)5-7-18/h4-9,13-15H,10-12H2,1-3H3. The first-order valence-corrected chi connectivity index (χ1v) is 9.40. The van der Waals surface area contributed by atoms with Crippen LogP contribution in [-0.4, -0.2) is 32.8 Å². The van der Waals surface area contributed by atoms with E-state index in [1.54, 1.807) is 16.8 Å². The Morgan fingerprint density at radius 1 is 1.04 bits per heavy atom. The summed E-state index contributed by atoms with van der Waals surface area (Å²) in [7, 11) is 0. The lowest BCUT2D eigenvalue weighted by atomic mass is 9.92. The molecule has 1 aliphatic rings. The van der Waals surface area contributed by atoms with Gasteiger partial charge in [0, 0.05) is 31.0 Å². The third-order valence-electron chi connectivity index (χ3n) is 5.06. The maximum absolute atomic E-state index is 13.2. The zero-order chi connectivity index (χ0) is 19.0. The Kier molecular flexibility index (Phi) is 4.64. The van der Waals surface area contributed by atoms with Crippen molar-refractivity contribution >= 4 is 5.95 Å². The van der Waals surface area contributed by atoms with Crippen LogP contribution in [0.5, 0.6) is 0 Å². The van der Waals surface area contributed by atoms with Gasteiger partial charge in [0.2, 0.25) is 5.95 Å². The first-order valence-electron chi connectivity index (χ1n) is 9.40. The van der Waals surface area contributed by atoms with Crippen LogP contribution in [0.1, 0.15) is 26.0 Å². The monoisotopic (exact) mass is 365 g/mol. The van der Waals surface area contributed by atoms with Gasteiger partial charge >= 0.3 is 0 Å². The van der Waals surface area contributed by atoms with Gasteiger partial charge in [-0.05, 0) is 55.5 Å². The van der Waals surface area contributed by atoms with Crippen LogP contribution in [0.4, 0.5) is 10.3 Å². The molecule has 1 fully saturated rings. The van der Waals surface area contributed by atoms with E-state index in [0.717, 1.165) is 41.7 Å². The van der Waals surface area contributed by atoms with Crippen molar-refractivity contribution < 1.29 is 4.39 Å². The van der Waals surface area contributed by atoms with Crippen molar-refractivity contribution in [3.8, 4) is 16.9 Å². The molecule has 0 N–H and O–H groups in total. The highest BCUT2D eigenvalue weighted by Gasteiger charge is 2.24. The third kappa shape index (κ3) is 3.70. The van der Waals surface area contributed by atoms with E-state index in [2.05, 4.69) is 28.8 Å². The smallest absolute Gasteiger partial charge is 0.225 e. The van der Waals surface area contributed by atoms with Gasteiger partial charge in [0.1, 0.15) is 5.82 Å². The molecule has 2 unspecified atom stereocenters. The summed E-state index contributed by atoms with van der Waals surface area (Å²) in [5.41, 5.74) is 3.51. The zero-order valence-corrected chi connectivity index (χ0v) is 15.9. The molecule has 0 radical (unpaired) electrons. The fraction of sp³-hybridized carbons (Fsp3) is 0.381. The molecule has 4 rings (SSSR count). The molecule has 1 aliphatic heterocycles. The average molecular weight is 365 g/mol. The van der Waals surface area contributed by atoms with Crippen LogP contribution >= 0.6 is 0 Å². The lowest BCUT2D eigenvalue weighted by Crippen LogP contribution is -2.39. The summed E-state index contributed by atoms with van der Waals surface area (Å²) in [6, 6.07) is 8.22. The van der Waals surface area contributed by atoms with Crippen LogP contribution in [0.2, 0.25) is 0 Å². The topological polar surface area (TPSA) is 46.8 Å². The van der Waals surface area contributed by atoms with Crippen molar-refractivity contribution in [1.82, 2.24) is 19.7 Å². The Balaban J connectivity index is 1.65. The van der Waals surface area contributed by atoms with Crippen LogP contribution in [0.25, 0.3) is 16.9 Å². The molecule has 6 heteroatoms. The van der Waals surface area contributed by atoms with Gasteiger partial charge in [0.05, 0.1) is 17.1 Å². The molecule has 0 spiro atoms. The highest BCUT2D eigenvalue weighted by atomic mass is 19.1. The van der Waals surface area contributed by atoms with E-state index in [9.17, 15) is 4.39 Å². The molecule has 3 aromatic rings. The number of aryl methyl sites for hydroxylation is 1. The van der Waals surface area contributed by atoms with E-state index in [0.29, 0.717) is 11.8 Å². The fourth-order valence-corrected chi connectivity index (χ4v) is 3.91. The third-order valence-corrected chi connectivity index (χ3v) is 5.06. The van der Waals surface area contributed by atoms with E-state index >= 15 is 0 Å². The molecule has 0 aliphatic carbocycles. The number of benzene rings is 1. The van der Waals surface area contributed by atoms with Gasteiger partial charge in [-0.3, -0.25) is 0 Å². The van der Waals surface area contributed by atoms with Gasteiger partial charge < -0.3 is 4.90 Å². The molecule has 5 nitrogen and oxygen atoms in total. The predicted octanol–water partition coefficient (Wildman–Crippen LogP) is 4.26. The molecule has 0 amide bonds. The number of nitrogens with zero attached hydrogens (tertiary/aromatic N) is 5. The molecule has 0 bridgehead atoms. The Morgan fingerprint density at radius 3 is 2.44 bits per heavy atom. The summed E-state index contributed by atoms with van der Waals surface area (Å²) in [6.45, 7) is 8.50. The largest absolute Gasteiger partial charge is 0.340 e. The second kappa shape index (κ2) is 7.10. The van der Waals surface area contributed by atoms with Crippen LogP contribution in [0.15, 0.2) is 42.7 Å². The van der Waals surface area contributed by atoms with Gasteiger partial charge in [-0.2, -0.15) is 5.10 Å². The van der Waals surface area contributed by atoms with E-state index in [4.69, 9.17) is 4.98 Å². The molecular weight excluding hydrogens is 341 g/mol. The van der Waals surface area contributed by atoms with Gasteiger partial charge in [-0.1, -0.05) is 13.8 Å². The van der Waals surface area contributed by atoms with Gasteiger partial charge in [0.25, 0.3) is 0 Å². The normalized spacial score (nSPS) is 20.1. The molecule has 1 saturated heterocycles. The minimum Gasteiger partial charge on any atom is -0.340 e. The highest BCUT2D eigenvalue weighted by molar-refractivity contribution is 5.62. The quantitative estimate of drug-likeness (QED) is 0.696. The minimum atomic E-state index is -0.256. The number of piperidine rings is 1. The second-order valence-corrected chi connectivity index (χ2v) is 7.64. The van der Waals surface area contributed by atoms with Crippen molar-refractivity contribution in [2.24, 2.45) is 11.8 Å². The summed E-state index contributed by atoms with van der Waals surface area (Å²) >= 11 is 0. The van der Waals surface area contributed by atoms with E-state index in [1.807, 2.05) is 25.4 Å². The summed E-state index contributed by atoms with van der Waals surface area (Å²) in [5.74, 6) is 1.81. The van der Waals surface area contributed by atoms with Crippen LogP contribution < -0.4 is 4.90 Å². The Morgan fingerprint density at radius 2 is 1.74 bits per heavy atom. The summed E-state index contributed by atoms with van der Waals surface area (Å²) in [5, 5.41) is 4.57. The lowest BCUT2D eigenvalue weighted by Gasteiger charge is -2.35. The summed E-state index contributed by atoms with van der Waals surface area (Å²) < 4.78 is 14.9. The first kappa shape index (κ1) is 17.6. The molecule has 27 heavy (non-hydrogen) atoms. The molecule has 140 valence electrons. The van der Waals surface area contributed by atoms with Crippen molar-refractivity contribution in [2.75, 3.05) is 18.0 Å². The van der Waals surface area contributed by atoms with Crippen molar-refractivity contribution in [3.63, 3.8) is 0 Å². The molecule has 2 aromatic heterocycles. The number of aromatic nitrogens is 4. The number of hydrogen-bond donors (Lipinski definition) is 0. The number of anilines is 1. The average Bonchev–Trinajstić information content (AvgIpc) is 3.03. The van der Waals surface area contributed by atoms with Gasteiger partial charge in [-0.15, -0.1) is 0 Å². The Hall–Kier alpha value is -2.76. The lowest BCUT2D eigenvalue weighted by molar-refractivity contribution is 0.353. The van der Waals surface area contributed by atoms with Crippen molar-refractivity contribution in [1.29, 1.82) is 0 Å². The van der Waals surface area contributed by atoms with Crippen LogP contribution in [0.3, 0.4) is 0 Å². The van der Waals surface area contributed by atoms with Crippen LogP contribution in [-0.2, 0) is 0 Å². The van der Waals surface area contributed by atoms with Crippen molar-refractivity contribution in [3.05, 3.63) is 54.2 Å². The molecular formula is C21H24FN5. The van der Waals surface area contributed by atoms with Gasteiger partial charge in [0.15, 0.2) is 0 Å². The molecule has 2 atom stereocenters. The second-order valence-electron chi connectivity index (χ2n) is 7.64. The van der Waals surface area contributed by atoms with Gasteiger partial charge in [-0.25, -0.2) is 19.0 Å². The highest BCUT2D eigenvalue weighted by Crippen LogP contribution is 2.27. The van der Waals surface area contributed by atoms with Crippen molar-refractivity contribution in [2.45, 2.75) is 27.2 Å². The maximum Gasteiger partial charge on any atom is 0.225 e. The number of hydrogen-bond acceptors (Lipinski definition) is 4. The van der Waals surface area contributed by atoms with E-state index in [1.165, 1.54) is 18.6 Å². The van der Waals surface area contributed by atoms with E-state index in [-0.39, 0.29) is 5.82 Å². The zero-order valence-electron chi connectivity index (χ0n) is 15.9. The summed E-state index contributed by atoms with van der Waals surface area (Å²) in [6.07, 6.45) is 5.01. The molecule has 3 heterocycles. The fourth-order valence-electron chi connectivity index (χ4n) is 3.91. The first-order chi connectivity index (χ1) is 13.0. The molecule has 0 saturated carbocycles. The molecule has 1 aromatic carbocycles. The summed E-state index contributed by atoms with van der Waals surface area (Å²) in [4.78, 5) is 11.6. The maximum atomic E-state index is 13.2. The number of rotatable bonds is 3. The number of halogens is 1. The predicted molar refractivity (Wildman–Crippen MR) is 104 cm³/mol. The Labute approximate surface area is 158 Å².